The lowest BCUT2D eigenvalue weighted by atomic mass is 9.88. The molecule has 0 aliphatic carbocycles. The fourth-order valence-corrected chi connectivity index (χ4v) is 3.49. The number of amides is 1. The zero-order valence-corrected chi connectivity index (χ0v) is 17.0. The van der Waals surface area contributed by atoms with Gasteiger partial charge < -0.3 is 10.2 Å². The first-order valence-corrected chi connectivity index (χ1v) is 9.72. The summed E-state index contributed by atoms with van der Waals surface area (Å²) >= 11 is 0. The van der Waals surface area contributed by atoms with Gasteiger partial charge in [0.1, 0.15) is 5.82 Å². The van der Waals surface area contributed by atoms with E-state index in [0.29, 0.717) is 5.56 Å². The highest BCUT2D eigenvalue weighted by molar-refractivity contribution is 5.90. The number of halogens is 1. The van der Waals surface area contributed by atoms with Crippen LogP contribution in [0.15, 0.2) is 54.6 Å². The zero-order chi connectivity index (χ0) is 22.3. The number of hydrogen-bond acceptors (Lipinski definition) is 3. The number of carboxylic acid groups (broad SMARTS) is 2. The van der Waals surface area contributed by atoms with Crippen LogP contribution in [0.3, 0.4) is 0 Å². The van der Waals surface area contributed by atoms with E-state index < -0.39 is 35.6 Å². The topological polar surface area (TPSA) is 94.9 Å². The molecule has 0 aliphatic heterocycles. The first-order chi connectivity index (χ1) is 14.2. The molecule has 2 aromatic carbocycles. The van der Waals surface area contributed by atoms with Crippen molar-refractivity contribution in [1.82, 2.24) is 4.90 Å². The second-order valence-electron chi connectivity index (χ2n) is 7.62. The Morgan fingerprint density at radius 2 is 1.53 bits per heavy atom. The predicted octanol–water partition coefficient (Wildman–Crippen LogP) is 4.23. The first kappa shape index (κ1) is 23.1. The second-order valence-corrected chi connectivity index (χ2v) is 7.62. The number of Topliss-reactive ketones (excluding diaryl/α,β-unsaturated/α-hetero) is 1. The summed E-state index contributed by atoms with van der Waals surface area (Å²) in [7, 11) is 0. The van der Waals surface area contributed by atoms with Crippen LogP contribution in [-0.2, 0) is 22.6 Å². The van der Waals surface area contributed by atoms with Crippen molar-refractivity contribution in [2.24, 2.45) is 11.8 Å². The molecule has 0 aliphatic rings. The van der Waals surface area contributed by atoms with Crippen molar-refractivity contribution >= 4 is 17.8 Å². The van der Waals surface area contributed by atoms with Crippen molar-refractivity contribution in [2.75, 3.05) is 0 Å². The highest BCUT2D eigenvalue weighted by Gasteiger charge is 2.35. The highest BCUT2D eigenvalue weighted by Crippen LogP contribution is 2.22. The van der Waals surface area contributed by atoms with Crippen LogP contribution in [0.25, 0.3) is 0 Å². The average Bonchev–Trinajstić information content (AvgIpc) is 2.69. The summed E-state index contributed by atoms with van der Waals surface area (Å²) < 4.78 is 13.1. The van der Waals surface area contributed by atoms with E-state index in [-0.39, 0.29) is 25.3 Å². The van der Waals surface area contributed by atoms with Crippen LogP contribution in [0.4, 0.5) is 9.18 Å². The molecular formula is C23H26FNO5. The Kier molecular flexibility index (Phi) is 8.09. The van der Waals surface area contributed by atoms with Gasteiger partial charge in [0, 0.05) is 13.0 Å². The monoisotopic (exact) mass is 415 g/mol. The molecule has 2 N–H and O–H groups in total. The maximum Gasteiger partial charge on any atom is 0.408 e. The molecule has 160 valence electrons. The van der Waals surface area contributed by atoms with Gasteiger partial charge in [-0.1, -0.05) is 56.3 Å². The smallest absolute Gasteiger partial charge is 0.408 e. The lowest BCUT2D eigenvalue weighted by Gasteiger charge is -2.32. The highest BCUT2D eigenvalue weighted by atomic mass is 19.1. The van der Waals surface area contributed by atoms with E-state index in [9.17, 15) is 29.0 Å². The molecule has 0 aromatic heterocycles. The van der Waals surface area contributed by atoms with E-state index in [4.69, 9.17) is 0 Å². The number of benzene rings is 2. The summed E-state index contributed by atoms with van der Waals surface area (Å²) in [6, 6.07) is 13.4. The third-order valence-electron chi connectivity index (χ3n) is 4.93. The minimum Gasteiger partial charge on any atom is -0.481 e. The van der Waals surface area contributed by atoms with Gasteiger partial charge in [-0.05, 0) is 35.6 Å². The molecule has 0 saturated carbocycles. The Morgan fingerprint density at radius 3 is 2.03 bits per heavy atom. The van der Waals surface area contributed by atoms with Gasteiger partial charge in [-0.3, -0.25) is 14.5 Å². The average molecular weight is 415 g/mol. The van der Waals surface area contributed by atoms with E-state index in [2.05, 4.69) is 0 Å². The number of nitrogens with zero attached hydrogens (tertiary/aromatic N) is 1. The first-order valence-electron chi connectivity index (χ1n) is 9.72. The summed E-state index contributed by atoms with van der Waals surface area (Å²) in [5, 5.41) is 19.3. The van der Waals surface area contributed by atoms with Crippen molar-refractivity contribution in [2.45, 2.75) is 39.3 Å². The Bertz CT molecular complexity index is 867. The quantitative estimate of drug-likeness (QED) is 0.605. The van der Waals surface area contributed by atoms with Crippen molar-refractivity contribution in [3.8, 4) is 0 Å². The van der Waals surface area contributed by atoms with Crippen LogP contribution >= 0.6 is 0 Å². The molecule has 0 bridgehead atoms. The number of ketones is 1. The maximum atomic E-state index is 13.1. The minimum atomic E-state index is -1.24. The predicted molar refractivity (Wildman–Crippen MR) is 109 cm³/mol. The van der Waals surface area contributed by atoms with E-state index in [1.807, 2.05) is 6.07 Å². The van der Waals surface area contributed by atoms with E-state index in [1.165, 1.54) is 24.3 Å². The summed E-state index contributed by atoms with van der Waals surface area (Å²) in [6.07, 6.45) is -1.50. The van der Waals surface area contributed by atoms with Crippen molar-refractivity contribution in [1.29, 1.82) is 0 Å². The molecule has 2 aromatic rings. The van der Waals surface area contributed by atoms with Gasteiger partial charge in [0.25, 0.3) is 0 Å². The Hall–Kier alpha value is -3.22. The van der Waals surface area contributed by atoms with Gasteiger partial charge in [-0.2, -0.15) is 0 Å². The van der Waals surface area contributed by atoms with Crippen LogP contribution in [0.2, 0.25) is 0 Å². The van der Waals surface area contributed by atoms with Crippen LogP contribution in [-0.4, -0.2) is 39.0 Å². The van der Waals surface area contributed by atoms with Crippen molar-refractivity contribution in [3.63, 3.8) is 0 Å². The number of hydrogen-bond donors (Lipinski definition) is 2. The molecule has 0 saturated heterocycles. The summed E-state index contributed by atoms with van der Waals surface area (Å²) in [6.45, 7) is 3.50. The molecule has 2 rings (SSSR count). The second kappa shape index (κ2) is 10.5. The number of rotatable bonds is 10. The fraction of sp³-hybridized carbons (Fsp3) is 0.348. The largest absolute Gasteiger partial charge is 0.481 e. The van der Waals surface area contributed by atoms with Gasteiger partial charge in [0.05, 0.1) is 12.0 Å². The van der Waals surface area contributed by atoms with Crippen molar-refractivity contribution in [3.05, 3.63) is 71.5 Å². The third-order valence-corrected chi connectivity index (χ3v) is 4.93. The van der Waals surface area contributed by atoms with Gasteiger partial charge in [0.2, 0.25) is 0 Å². The molecular weight excluding hydrogens is 389 g/mol. The third kappa shape index (κ3) is 6.40. The Labute approximate surface area is 175 Å². The van der Waals surface area contributed by atoms with E-state index >= 15 is 0 Å². The molecule has 0 spiro atoms. The fourth-order valence-electron chi connectivity index (χ4n) is 3.49. The molecule has 30 heavy (non-hydrogen) atoms. The number of carbonyl (C=O) groups excluding carboxylic acids is 1. The number of carbonyl (C=O) groups is 3. The molecule has 2 unspecified atom stereocenters. The maximum absolute atomic E-state index is 13.1. The Balaban J connectivity index is 2.21. The van der Waals surface area contributed by atoms with Crippen LogP contribution in [0.1, 0.15) is 31.4 Å². The van der Waals surface area contributed by atoms with E-state index in [1.54, 1.807) is 38.1 Å². The standard InChI is InChI=1S/C23H26FNO5/c1-15(2)21(25(23(29)30)14-17-6-4-3-5-7-17)20(26)13-18(22(27)28)12-16-8-10-19(24)11-9-16/h3-11,15,18,21H,12-14H2,1-2H3,(H,27,28)(H,29,30). The number of aliphatic carboxylic acids is 1. The van der Waals surface area contributed by atoms with Gasteiger partial charge in [0.15, 0.2) is 5.78 Å². The van der Waals surface area contributed by atoms with Crippen LogP contribution in [0, 0.1) is 17.7 Å². The van der Waals surface area contributed by atoms with Gasteiger partial charge in [-0.25, -0.2) is 9.18 Å². The molecule has 1 amide bonds. The lowest BCUT2D eigenvalue weighted by molar-refractivity contribution is -0.144. The molecule has 0 heterocycles. The van der Waals surface area contributed by atoms with Gasteiger partial charge in [-0.15, -0.1) is 0 Å². The molecule has 7 heteroatoms. The molecule has 0 radical (unpaired) electrons. The number of carboxylic acids is 1. The van der Waals surface area contributed by atoms with E-state index in [0.717, 1.165) is 10.5 Å². The minimum absolute atomic E-state index is 0.0282. The summed E-state index contributed by atoms with van der Waals surface area (Å²) in [4.78, 5) is 37.8. The van der Waals surface area contributed by atoms with Crippen LogP contribution < -0.4 is 0 Å². The molecule has 0 fully saturated rings. The van der Waals surface area contributed by atoms with Crippen LogP contribution in [0.5, 0.6) is 0 Å². The SMILES string of the molecule is CC(C)C(C(=O)CC(Cc1ccc(F)cc1)C(=O)O)N(Cc1ccccc1)C(=O)O. The summed E-state index contributed by atoms with van der Waals surface area (Å²) in [5.41, 5.74) is 1.33. The Morgan fingerprint density at radius 1 is 0.933 bits per heavy atom. The normalized spacial score (nSPS) is 12.9. The summed E-state index contributed by atoms with van der Waals surface area (Å²) in [5.74, 6) is -3.40. The van der Waals surface area contributed by atoms with Crippen molar-refractivity contribution < 1.29 is 29.0 Å². The van der Waals surface area contributed by atoms with Gasteiger partial charge >= 0.3 is 12.1 Å². The molecule has 2 atom stereocenters. The lowest BCUT2D eigenvalue weighted by Crippen LogP contribution is -2.48. The molecule has 6 nitrogen and oxygen atoms in total. The zero-order valence-electron chi connectivity index (χ0n) is 17.0.